The average molecular weight is 203 g/mol. The molecule has 0 aromatic carbocycles. The fourth-order valence-electron chi connectivity index (χ4n) is 1.67. The normalized spacial score (nSPS) is 12.4. The highest BCUT2D eigenvalue weighted by atomic mass is 16.5. The molecule has 0 unspecified atom stereocenters. The molecule has 0 heterocycles. The average Bonchev–Trinajstić information content (AvgIpc) is 2.24. The molecular weight excluding hydrogens is 176 g/mol. The molecule has 0 aromatic heterocycles. The van der Waals surface area contributed by atoms with E-state index in [0.717, 1.165) is 45.7 Å². The number of nitrogens with zero attached hydrogens (tertiary/aromatic N) is 2. The Morgan fingerprint density at radius 3 is 1.86 bits per heavy atom. The van der Waals surface area contributed by atoms with E-state index in [4.69, 9.17) is 0 Å². The van der Waals surface area contributed by atoms with Crippen LogP contribution in [0, 0.1) is 0 Å². The van der Waals surface area contributed by atoms with Crippen molar-refractivity contribution in [2.24, 2.45) is 0 Å². The van der Waals surface area contributed by atoms with Gasteiger partial charge < -0.3 is 4.90 Å². The lowest BCUT2D eigenvalue weighted by Crippen LogP contribution is -2.46. The molecule has 0 spiro atoms. The molecule has 0 aliphatic carbocycles. The van der Waals surface area contributed by atoms with E-state index < -0.39 is 0 Å². The van der Waals surface area contributed by atoms with E-state index in [1.54, 1.807) is 0 Å². The zero-order chi connectivity index (χ0) is 11.0. The number of hydrogen-bond acceptors (Lipinski definition) is 2. The standard InChI is InChI=1S/C11H27N2O/c1-5-12(6-2)10-9-11-13(14,7-3)8-4/h14H,5-11H2,1-4H3/q+1. The Morgan fingerprint density at radius 2 is 1.50 bits per heavy atom. The molecule has 0 rings (SSSR count). The van der Waals surface area contributed by atoms with Gasteiger partial charge in [-0.15, -0.1) is 0 Å². The first-order valence-electron chi connectivity index (χ1n) is 5.93. The second-order valence-electron chi connectivity index (χ2n) is 3.83. The van der Waals surface area contributed by atoms with Gasteiger partial charge in [0.2, 0.25) is 0 Å². The molecule has 0 aromatic rings. The number of quaternary nitrogens is 1. The Hall–Kier alpha value is -0.120. The third-order valence-corrected chi connectivity index (χ3v) is 3.12. The van der Waals surface area contributed by atoms with Crippen molar-refractivity contribution in [1.29, 1.82) is 0 Å². The summed E-state index contributed by atoms with van der Waals surface area (Å²) in [6.45, 7) is 14.3. The molecule has 1 N–H and O–H groups in total. The first-order chi connectivity index (χ1) is 6.61. The maximum atomic E-state index is 10.0. The molecule has 3 heteroatoms. The van der Waals surface area contributed by atoms with Crippen LogP contribution in [0.25, 0.3) is 0 Å². The highest BCUT2D eigenvalue weighted by Crippen LogP contribution is 2.03. The van der Waals surface area contributed by atoms with E-state index in [9.17, 15) is 5.21 Å². The summed E-state index contributed by atoms with van der Waals surface area (Å²) in [5.41, 5.74) is 0. The van der Waals surface area contributed by atoms with E-state index in [1.807, 2.05) is 13.8 Å². The minimum absolute atomic E-state index is 0.223. The summed E-state index contributed by atoms with van der Waals surface area (Å²) in [6.07, 6.45) is 1.08. The third-order valence-electron chi connectivity index (χ3n) is 3.12. The zero-order valence-electron chi connectivity index (χ0n) is 10.3. The Bertz CT molecular complexity index is 131. The lowest BCUT2D eigenvalue weighted by molar-refractivity contribution is -1.10. The van der Waals surface area contributed by atoms with Gasteiger partial charge >= 0.3 is 0 Å². The summed E-state index contributed by atoms with van der Waals surface area (Å²) in [7, 11) is 0. The van der Waals surface area contributed by atoms with Gasteiger partial charge in [-0.05, 0) is 26.9 Å². The van der Waals surface area contributed by atoms with Gasteiger partial charge in [-0.3, -0.25) is 0 Å². The predicted molar refractivity (Wildman–Crippen MR) is 60.4 cm³/mol. The topological polar surface area (TPSA) is 23.5 Å². The summed E-state index contributed by atoms with van der Waals surface area (Å²) in [6, 6.07) is 0. The van der Waals surface area contributed by atoms with E-state index >= 15 is 0 Å². The van der Waals surface area contributed by atoms with Crippen molar-refractivity contribution in [3.05, 3.63) is 0 Å². The lowest BCUT2D eigenvalue weighted by Gasteiger charge is -2.28. The van der Waals surface area contributed by atoms with E-state index in [-0.39, 0.29) is 4.65 Å². The molecule has 0 radical (unpaired) electrons. The van der Waals surface area contributed by atoms with Crippen molar-refractivity contribution in [2.75, 3.05) is 39.3 Å². The molecule has 86 valence electrons. The van der Waals surface area contributed by atoms with Gasteiger partial charge in [-0.25, -0.2) is 5.21 Å². The van der Waals surface area contributed by atoms with Crippen molar-refractivity contribution < 1.29 is 9.85 Å². The highest BCUT2D eigenvalue weighted by molar-refractivity contribution is 4.51. The van der Waals surface area contributed by atoms with Gasteiger partial charge in [0.05, 0.1) is 0 Å². The van der Waals surface area contributed by atoms with Crippen molar-refractivity contribution in [3.8, 4) is 0 Å². The number of hydrogen-bond donors (Lipinski definition) is 1. The van der Waals surface area contributed by atoms with Gasteiger partial charge in [0.15, 0.2) is 0 Å². The molecule has 0 bridgehead atoms. The molecule has 0 amide bonds. The third kappa shape index (κ3) is 4.94. The molecule has 0 saturated carbocycles. The molecule has 0 fully saturated rings. The maximum Gasteiger partial charge on any atom is 0.110 e. The minimum Gasteiger partial charge on any atom is -0.304 e. The summed E-state index contributed by atoms with van der Waals surface area (Å²) in [5.74, 6) is 0. The Morgan fingerprint density at radius 1 is 1.00 bits per heavy atom. The second-order valence-corrected chi connectivity index (χ2v) is 3.83. The van der Waals surface area contributed by atoms with Crippen molar-refractivity contribution in [1.82, 2.24) is 4.90 Å². The summed E-state index contributed by atoms with van der Waals surface area (Å²) < 4.78 is 0.223. The maximum absolute atomic E-state index is 10.0. The van der Waals surface area contributed by atoms with E-state index in [1.165, 1.54) is 0 Å². The second kappa shape index (κ2) is 7.21. The van der Waals surface area contributed by atoms with Gasteiger partial charge in [-0.2, -0.15) is 4.65 Å². The molecule has 0 atom stereocenters. The van der Waals surface area contributed by atoms with Gasteiger partial charge in [0.25, 0.3) is 0 Å². The van der Waals surface area contributed by atoms with Gasteiger partial charge in [0, 0.05) is 13.0 Å². The largest absolute Gasteiger partial charge is 0.304 e. The molecule has 14 heavy (non-hydrogen) atoms. The SMILES string of the molecule is CCN(CC)CCC[N+](O)(CC)CC. The minimum atomic E-state index is 0.223. The number of rotatable bonds is 8. The van der Waals surface area contributed by atoms with Gasteiger partial charge in [-0.1, -0.05) is 13.8 Å². The van der Waals surface area contributed by atoms with Gasteiger partial charge in [0.1, 0.15) is 19.6 Å². The van der Waals surface area contributed by atoms with Crippen LogP contribution >= 0.6 is 0 Å². The zero-order valence-corrected chi connectivity index (χ0v) is 10.3. The van der Waals surface area contributed by atoms with Crippen molar-refractivity contribution in [3.63, 3.8) is 0 Å². The predicted octanol–water partition coefficient (Wildman–Crippen LogP) is 1.96. The van der Waals surface area contributed by atoms with E-state index in [0.29, 0.717) is 0 Å². The molecule has 0 saturated heterocycles. The van der Waals surface area contributed by atoms with E-state index in [2.05, 4.69) is 18.7 Å². The molecular formula is C11H27N2O+. The first kappa shape index (κ1) is 13.9. The summed E-state index contributed by atoms with van der Waals surface area (Å²) in [4.78, 5) is 2.40. The molecule has 3 nitrogen and oxygen atoms in total. The Kier molecular flexibility index (Phi) is 7.15. The number of hydroxylamine groups is 3. The van der Waals surface area contributed by atoms with Crippen molar-refractivity contribution in [2.45, 2.75) is 34.1 Å². The van der Waals surface area contributed by atoms with Crippen LogP contribution in [-0.4, -0.2) is 54.0 Å². The van der Waals surface area contributed by atoms with Crippen LogP contribution in [0.1, 0.15) is 34.1 Å². The fraction of sp³-hybridized carbons (Fsp3) is 1.00. The van der Waals surface area contributed by atoms with Crippen LogP contribution in [0.3, 0.4) is 0 Å². The first-order valence-corrected chi connectivity index (χ1v) is 5.93. The smallest absolute Gasteiger partial charge is 0.110 e. The molecule has 0 aliphatic rings. The quantitative estimate of drug-likeness (QED) is 0.481. The monoisotopic (exact) mass is 203 g/mol. The highest BCUT2D eigenvalue weighted by Gasteiger charge is 2.19. The van der Waals surface area contributed by atoms with Crippen LogP contribution < -0.4 is 0 Å². The van der Waals surface area contributed by atoms with Crippen molar-refractivity contribution >= 4 is 0 Å². The summed E-state index contributed by atoms with van der Waals surface area (Å²) in [5, 5.41) is 10.0. The van der Waals surface area contributed by atoms with Crippen LogP contribution in [0.2, 0.25) is 0 Å². The molecule has 0 aliphatic heterocycles. The lowest BCUT2D eigenvalue weighted by atomic mass is 10.3. The van der Waals surface area contributed by atoms with Crippen LogP contribution in [0.4, 0.5) is 0 Å². The van der Waals surface area contributed by atoms with Crippen LogP contribution in [-0.2, 0) is 0 Å². The Balaban J connectivity index is 3.70. The van der Waals surface area contributed by atoms with Crippen LogP contribution in [0.5, 0.6) is 0 Å². The summed E-state index contributed by atoms with van der Waals surface area (Å²) >= 11 is 0. The fourth-order valence-corrected chi connectivity index (χ4v) is 1.67. The van der Waals surface area contributed by atoms with Crippen LogP contribution in [0.15, 0.2) is 0 Å². The Labute approximate surface area is 88.9 Å².